The lowest BCUT2D eigenvalue weighted by molar-refractivity contribution is -0.121. The van der Waals surface area contributed by atoms with Gasteiger partial charge in [0.15, 0.2) is 0 Å². The predicted octanol–water partition coefficient (Wildman–Crippen LogP) is 3.88. The first-order valence-electron chi connectivity index (χ1n) is 7.32. The van der Waals surface area contributed by atoms with Crippen LogP contribution in [0.3, 0.4) is 0 Å². The minimum Gasteiger partial charge on any atom is -0.506 e. The van der Waals surface area contributed by atoms with E-state index in [1.807, 2.05) is 24.3 Å². The molecule has 6 nitrogen and oxygen atoms in total. The van der Waals surface area contributed by atoms with Crippen LogP contribution in [0.2, 0.25) is 0 Å². The van der Waals surface area contributed by atoms with Gasteiger partial charge in [0.1, 0.15) is 17.5 Å². The van der Waals surface area contributed by atoms with Crippen molar-refractivity contribution in [3.63, 3.8) is 0 Å². The number of anilines is 1. The first-order valence-corrected chi connectivity index (χ1v) is 8.91. The molecule has 0 spiro atoms. The number of hydrogen-bond acceptors (Lipinski definition) is 5. The molecular weight excluding hydrogens is 454 g/mol. The summed E-state index contributed by atoms with van der Waals surface area (Å²) in [5.74, 6) is 0.584. The van der Waals surface area contributed by atoms with Gasteiger partial charge < -0.3 is 15.2 Å². The molecule has 3 N–H and O–H groups in total. The van der Waals surface area contributed by atoms with Crippen LogP contribution in [0.4, 0.5) is 5.69 Å². The molecular formula is C17H17Br2N3O3. The zero-order chi connectivity index (χ0) is 18.4. The summed E-state index contributed by atoms with van der Waals surface area (Å²) >= 11 is 6.48. The van der Waals surface area contributed by atoms with Gasteiger partial charge in [-0.05, 0) is 80.7 Å². The minimum atomic E-state index is -0.469. The van der Waals surface area contributed by atoms with Gasteiger partial charge in [-0.2, -0.15) is 5.10 Å². The molecule has 0 saturated heterocycles. The van der Waals surface area contributed by atoms with E-state index in [4.69, 9.17) is 4.74 Å². The van der Waals surface area contributed by atoms with Crippen molar-refractivity contribution in [1.29, 1.82) is 0 Å². The third-order valence-electron chi connectivity index (χ3n) is 3.29. The highest BCUT2D eigenvalue weighted by Crippen LogP contribution is 2.32. The molecule has 0 saturated carbocycles. The summed E-state index contributed by atoms with van der Waals surface area (Å²) in [6.07, 6.45) is 1.49. The topological polar surface area (TPSA) is 83.0 Å². The van der Waals surface area contributed by atoms with Crippen LogP contribution in [-0.4, -0.2) is 30.4 Å². The van der Waals surface area contributed by atoms with Gasteiger partial charge in [-0.15, -0.1) is 0 Å². The average molecular weight is 471 g/mol. The summed E-state index contributed by atoms with van der Waals surface area (Å²) in [5, 5.41) is 16.7. The van der Waals surface area contributed by atoms with E-state index >= 15 is 0 Å². The van der Waals surface area contributed by atoms with Crippen molar-refractivity contribution in [2.24, 2.45) is 5.10 Å². The molecule has 2 aromatic carbocycles. The largest absolute Gasteiger partial charge is 0.506 e. The van der Waals surface area contributed by atoms with Crippen LogP contribution in [0.25, 0.3) is 0 Å². The summed E-state index contributed by atoms with van der Waals surface area (Å²) in [6.45, 7) is 1.74. The minimum absolute atomic E-state index is 0.110. The van der Waals surface area contributed by atoms with Gasteiger partial charge in [0.05, 0.1) is 22.3 Å². The molecule has 0 aromatic heterocycles. The van der Waals surface area contributed by atoms with Crippen LogP contribution < -0.4 is 15.5 Å². The number of amides is 1. The fourth-order valence-electron chi connectivity index (χ4n) is 1.93. The van der Waals surface area contributed by atoms with E-state index in [0.29, 0.717) is 14.5 Å². The predicted molar refractivity (Wildman–Crippen MR) is 105 cm³/mol. The molecule has 1 unspecified atom stereocenters. The second kappa shape index (κ2) is 8.87. The number of nitrogens with zero attached hydrogens (tertiary/aromatic N) is 1. The van der Waals surface area contributed by atoms with Crippen LogP contribution >= 0.6 is 31.9 Å². The van der Waals surface area contributed by atoms with Gasteiger partial charge in [-0.3, -0.25) is 4.79 Å². The highest BCUT2D eigenvalue weighted by molar-refractivity contribution is 9.11. The molecule has 2 rings (SSSR count). The molecule has 0 aliphatic carbocycles. The van der Waals surface area contributed by atoms with Crippen molar-refractivity contribution >= 4 is 49.7 Å². The number of nitrogens with one attached hydrogen (secondary N) is 2. The molecule has 8 heteroatoms. The maximum absolute atomic E-state index is 12.1. The van der Waals surface area contributed by atoms with Crippen LogP contribution in [0.15, 0.2) is 50.4 Å². The van der Waals surface area contributed by atoms with Gasteiger partial charge in [0.2, 0.25) is 0 Å². The molecule has 0 radical (unpaired) electrons. The molecule has 0 heterocycles. The number of hydrazone groups is 1. The standard InChI is InChI=1S/C17H17Br2N3O3/c1-10(21-12-3-5-13(25-2)6-4-12)17(24)22-20-9-11-7-14(18)16(23)15(19)8-11/h3-10,21,23H,1-2H3,(H,22,24)/b20-9+. The lowest BCUT2D eigenvalue weighted by Crippen LogP contribution is -2.34. The lowest BCUT2D eigenvalue weighted by Gasteiger charge is -2.13. The quantitative estimate of drug-likeness (QED) is 0.442. The SMILES string of the molecule is COc1ccc(NC(C)C(=O)N/N=C/c2cc(Br)c(O)c(Br)c2)cc1. The molecule has 1 amide bonds. The van der Waals surface area contributed by atoms with E-state index in [2.05, 4.69) is 47.7 Å². The number of methoxy groups -OCH3 is 1. The number of ether oxygens (including phenoxy) is 1. The fraction of sp³-hybridized carbons (Fsp3) is 0.176. The average Bonchev–Trinajstić information content (AvgIpc) is 2.60. The van der Waals surface area contributed by atoms with E-state index in [1.165, 1.54) is 6.21 Å². The first kappa shape index (κ1) is 19.3. The Hall–Kier alpha value is -2.06. The third-order valence-corrected chi connectivity index (χ3v) is 4.50. The Kier molecular flexibility index (Phi) is 6.83. The molecule has 0 aliphatic rings. The number of halogens is 2. The molecule has 2 aromatic rings. The van der Waals surface area contributed by atoms with Gasteiger partial charge >= 0.3 is 0 Å². The molecule has 0 aliphatic heterocycles. The van der Waals surface area contributed by atoms with Crippen molar-refractivity contribution in [2.75, 3.05) is 12.4 Å². The second-order valence-corrected chi connectivity index (χ2v) is 6.87. The molecule has 1 atom stereocenters. The van der Waals surface area contributed by atoms with E-state index in [0.717, 1.165) is 11.4 Å². The van der Waals surface area contributed by atoms with Gasteiger partial charge in [-0.25, -0.2) is 5.43 Å². The van der Waals surface area contributed by atoms with Crippen LogP contribution in [0, 0.1) is 0 Å². The molecule has 0 bridgehead atoms. The Balaban J connectivity index is 1.92. The van der Waals surface area contributed by atoms with Crippen molar-refractivity contribution in [2.45, 2.75) is 13.0 Å². The summed E-state index contributed by atoms with van der Waals surface area (Å²) in [4.78, 5) is 12.1. The highest BCUT2D eigenvalue weighted by atomic mass is 79.9. The number of carbonyl (C=O) groups is 1. The zero-order valence-corrected chi connectivity index (χ0v) is 16.8. The van der Waals surface area contributed by atoms with Gasteiger partial charge in [-0.1, -0.05) is 0 Å². The van der Waals surface area contributed by atoms with Crippen molar-refractivity contribution < 1.29 is 14.6 Å². The maximum Gasteiger partial charge on any atom is 0.262 e. The summed E-state index contributed by atoms with van der Waals surface area (Å²) < 4.78 is 6.16. The van der Waals surface area contributed by atoms with Crippen molar-refractivity contribution in [1.82, 2.24) is 5.43 Å². The van der Waals surface area contributed by atoms with E-state index in [9.17, 15) is 9.90 Å². The number of phenolic OH excluding ortho intramolecular Hbond substituents is 1. The number of benzene rings is 2. The molecule has 0 fully saturated rings. The summed E-state index contributed by atoms with van der Waals surface area (Å²) in [7, 11) is 1.60. The molecule has 132 valence electrons. The number of carbonyl (C=O) groups excluding carboxylic acids is 1. The van der Waals surface area contributed by atoms with Crippen LogP contribution in [-0.2, 0) is 4.79 Å². The second-order valence-electron chi connectivity index (χ2n) is 5.16. The van der Waals surface area contributed by atoms with Crippen molar-refractivity contribution in [3.05, 3.63) is 50.9 Å². The first-order chi connectivity index (χ1) is 11.9. The van der Waals surface area contributed by atoms with Crippen molar-refractivity contribution in [3.8, 4) is 11.5 Å². The smallest absolute Gasteiger partial charge is 0.262 e. The highest BCUT2D eigenvalue weighted by Gasteiger charge is 2.11. The number of aromatic hydroxyl groups is 1. The number of phenols is 1. The Morgan fingerprint density at radius 2 is 1.84 bits per heavy atom. The van der Waals surface area contributed by atoms with E-state index in [-0.39, 0.29) is 11.7 Å². The van der Waals surface area contributed by atoms with Crippen LogP contribution in [0.5, 0.6) is 11.5 Å². The fourth-order valence-corrected chi connectivity index (χ4v) is 3.15. The monoisotopic (exact) mass is 469 g/mol. The number of rotatable bonds is 6. The summed E-state index contributed by atoms with van der Waals surface area (Å²) in [6, 6.07) is 10.2. The normalized spacial score (nSPS) is 12.0. The Labute approximate surface area is 162 Å². The van der Waals surface area contributed by atoms with E-state index < -0.39 is 6.04 Å². The number of hydrogen-bond donors (Lipinski definition) is 3. The zero-order valence-electron chi connectivity index (χ0n) is 13.6. The van der Waals surface area contributed by atoms with Gasteiger partial charge in [0, 0.05) is 5.69 Å². The Morgan fingerprint density at radius 1 is 1.24 bits per heavy atom. The van der Waals surface area contributed by atoms with Crippen LogP contribution in [0.1, 0.15) is 12.5 Å². The third kappa shape index (κ3) is 5.47. The lowest BCUT2D eigenvalue weighted by atomic mass is 10.2. The van der Waals surface area contributed by atoms with Gasteiger partial charge in [0.25, 0.3) is 5.91 Å². The Morgan fingerprint density at radius 3 is 2.40 bits per heavy atom. The Bertz CT molecular complexity index is 756. The summed E-state index contributed by atoms with van der Waals surface area (Å²) in [5.41, 5.74) is 4.00. The maximum atomic E-state index is 12.1. The van der Waals surface area contributed by atoms with E-state index in [1.54, 1.807) is 26.2 Å². The molecule has 25 heavy (non-hydrogen) atoms.